The van der Waals surface area contributed by atoms with Crippen LogP contribution in [0.4, 0.5) is 10.1 Å². The van der Waals surface area contributed by atoms with E-state index in [9.17, 15) is 9.18 Å². The molecule has 1 aliphatic rings. The number of carbonyl (C=O) groups excluding carboxylic acids is 1. The number of anilines is 1. The number of piperazine rings is 1. The Balaban J connectivity index is 1.45. The van der Waals surface area contributed by atoms with Crippen molar-refractivity contribution in [2.45, 2.75) is 20.4 Å². The predicted octanol–water partition coefficient (Wildman–Crippen LogP) is 2.00. The first-order valence-electron chi connectivity index (χ1n) is 10.3. The number of rotatable bonds is 5. The molecule has 1 fully saturated rings. The van der Waals surface area contributed by atoms with E-state index in [1.165, 1.54) is 22.1 Å². The standard InChI is InChI=1S/C23H29FN4OS/c1-17-5-4-6-19(13-17)15-27-9-11-28(12-10-27)22(29)16-26(3)23(30)25-20-8-7-18(2)21(24)14-20/h4-8,13-14H,9-12,15-16H2,1-3H3,(H,25,30)/p+1. The second kappa shape index (κ2) is 10.00. The Morgan fingerprint density at radius 1 is 1.20 bits per heavy atom. The SMILES string of the molecule is Cc1cccc(C[NH+]2CCN(C(=O)CN(C)C(=S)Nc3ccc(C)c(F)c3)CC2)c1. The van der Waals surface area contributed by atoms with Gasteiger partial charge in [0.05, 0.1) is 32.7 Å². The Hall–Kier alpha value is -2.51. The second-order valence-corrected chi connectivity index (χ2v) is 8.43. The van der Waals surface area contributed by atoms with Gasteiger partial charge in [0, 0.05) is 18.3 Å². The molecule has 0 radical (unpaired) electrons. The number of hydrogen-bond donors (Lipinski definition) is 2. The minimum Gasteiger partial charge on any atom is -0.343 e. The van der Waals surface area contributed by atoms with Gasteiger partial charge < -0.3 is 20.0 Å². The zero-order valence-corrected chi connectivity index (χ0v) is 18.7. The summed E-state index contributed by atoms with van der Waals surface area (Å²) in [6.07, 6.45) is 0. The highest BCUT2D eigenvalue weighted by Crippen LogP contribution is 2.14. The number of quaternary nitrogens is 1. The summed E-state index contributed by atoms with van der Waals surface area (Å²) in [6.45, 7) is 8.39. The van der Waals surface area contributed by atoms with Crippen LogP contribution in [0.25, 0.3) is 0 Å². The van der Waals surface area contributed by atoms with E-state index < -0.39 is 0 Å². The molecule has 160 valence electrons. The lowest BCUT2D eigenvalue weighted by molar-refractivity contribution is -0.917. The molecule has 0 bridgehead atoms. The molecule has 1 heterocycles. The van der Waals surface area contributed by atoms with Gasteiger partial charge in [0.2, 0.25) is 5.91 Å². The average Bonchev–Trinajstić information content (AvgIpc) is 2.71. The zero-order chi connectivity index (χ0) is 21.7. The molecular formula is C23H30FN4OS+. The van der Waals surface area contributed by atoms with Crippen LogP contribution < -0.4 is 10.2 Å². The molecule has 5 nitrogen and oxygen atoms in total. The van der Waals surface area contributed by atoms with Gasteiger partial charge in [0.25, 0.3) is 0 Å². The number of hydrogen-bond acceptors (Lipinski definition) is 2. The van der Waals surface area contributed by atoms with Crippen LogP contribution in [-0.4, -0.2) is 60.6 Å². The molecule has 2 N–H and O–H groups in total. The molecule has 0 saturated carbocycles. The fourth-order valence-corrected chi connectivity index (χ4v) is 3.81. The Morgan fingerprint density at radius 2 is 1.93 bits per heavy atom. The van der Waals surface area contributed by atoms with Gasteiger partial charge in [-0.3, -0.25) is 4.79 Å². The van der Waals surface area contributed by atoms with Crippen molar-refractivity contribution in [3.63, 3.8) is 0 Å². The molecule has 30 heavy (non-hydrogen) atoms. The highest BCUT2D eigenvalue weighted by atomic mass is 32.1. The molecule has 1 saturated heterocycles. The predicted molar refractivity (Wildman–Crippen MR) is 122 cm³/mol. The second-order valence-electron chi connectivity index (χ2n) is 8.05. The van der Waals surface area contributed by atoms with Crippen LogP contribution in [0, 0.1) is 19.7 Å². The van der Waals surface area contributed by atoms with Crippen molar-refractivity contribution in [1.82, 2.24) is 9.80 Å². The van der Waals surface area contributed by atoms with E-state index in [2.05, 4.69) is 36.5 Å². The Labute approximate surface area is 183 Å². The van der Waals surface area contributed by atoms with Gasteiger partial charge in [-0.05, 0) is 43.8 Å². The van der Waals surface area contributed by atoms with Crippen molar-refractivity contribution < 1.29 is 14.1 Å². The van der Waals surface area contributed by atoms with E-state index >= 15 is 0 Å². The Morgan fingerprint density at radius 3 is 2.60 bits per heavy atom. The molecular weight excluding hydrogens is 399 g/mol. The van der Waals surface area contributed by atoms with Crippen LogP contribution in [-0.2, 0) is 11.3 Å². The van der Waals surface area contributed by atoms with E-state index in [0.717, 1.165) is 32.7 Å². The van der Waals surface area contributed by atoms with Crippen molar-refractivity contribution >= 4 is 28.9 Å². The molecule has 0 aromatic heterocycles. The number of halogens is 1. The Bertz CT molecular complexity index is 912. The minimum atomic E-state index is -0.285. The maximum atomic E-state index is 13.7. The summed E-state index contributed by atoms with van der Waals surface area (Å²) in [4.78, 5) is 17.8. The van der Waals surface area contributed by atoms with E-state index in [0.29, 0.717) is 16.4 Å². The first-order chi connectivity index (χ1) is 14.3. The average molecular weight is 430 g/mol. The topological polar surface area (TPSA) is 40.0 Å². The van der Waals surface area contributed by atoms with Crippen molar-refractivity contribution in [3.05, 3.63) is 65.0 Å². The van der Waals surface area contributed by atoms with Crippen LogP contribution in [0.5, 0.6) is 0 Å². The van der Waals surface area contributed by atoms with E-state index in [1.807, 2.05) is 4.90 Å². The van der Waals surface area contributed by atoms with E-state index in [4.69, 9.17) is 12.2 Å². The molecule has 2 aromatic carbocycles. The molecule has 0 aliphatic carbocycles. The first kappa shape index (κ1) is 22.2. The van der Waals surface area contributed by atoms with E-state index in [-0.39, 0.29) is 18.3 Å². The highest BCUT2D eigenvalue weighted by molar-refractivity contribution is 7.80. The molecule has 0 unspecified atom stereocenters. The third-order valence-corrected chi connectivity index (χ3v) is 5.92. The molecule has 2 aromatic rings. The largest absolute Gasteiger partial charge is 0.343 e. The molecule has 0 atom stereocenters. The summed E-state index contributed by atoms with van der Waals surface area (Å²) < 4.78 is 13.7. The van der Waals surface area contributed by atoms with Crippen molar-refractivity contribution in [2.75, 3.05) is 45.1 Å². The van der Waals surface area contributed by atoms with Gasteiger partial charge >= 0.3 is 0 Å². The van der Waals surface area contributed by atoms with Gasteiger partial charge in [0.15, 0.2) is 5.11 Å². The summed E-state index contributed by atoms with van der Waals surface area (Å²) in [5.74, 6) is -0.223. The lowest BCUT2D eigenvalue weighted by atomic mass is 10.1. The normalized spacial score (nSPS) is 14.5. The zero-order valence-electron chi connectivity index (χ0n) is 17.9. The quantitative estimate of drug-likeness (QED) is 0.714. The van der Waals surface area contributed by atoms with Gasteiger partial charge in [0.1, 0.15) is 12.4 Å². The van der Waals surface area contributed by atoms with Gasteiger partial charge in [-0.15, -0.1) is 0 Å². The smallest absolute Gasteiger partial charge is 0.242 e. The van der Waals surface area contributed by atoms with Crippen LogP contribution in [0.1, 0.15) is 16.7 Å². The lowest BCUT2D eigenvalue weighted by Gasteiger charge is -2.33. The maximum Gasteiger partial charge on any atom is 0.242 e. The number of thiocarbonyl (C=S) groups is 1. The van der Waals surface area contributed by atoms with Gasteiger partial charge in [-0.1, -0.05) is 35.9 Å². The number of benzene rings is 2. The van der Waals surface area contributed by atoms with Crippen LogP contribution in [0.3, 0.4) is 0 Å². The number of amides is 1. The fraction of sp³-hybridized carbons (Fsp3) is 0.391. The van der Waals surface area contributed by atoms with Crippen LogP contribution in [0.15, 0.2) is 42.5 Å². The van der Waals surface area contributed by atoms with Gasteiger partial charge in [-0.25, -0.2) is 4.39 Å². The monoisotopic (exact) mass is 429 g/mol. The number of likely N-dealkylation sites (N-methyl/N-ethyl adjacent to an activating group) is 1. The minimum absolute atomic E-state index is 0.0614. The fourth-order valence-electron chi connectivity index (χ4n) is 3.62. The third-order valence-electron chi connectivity index (χ3n) is 5.50. The Kier molecular flexibility index (Phi) is 7.39. The third kappa shape index (κ3) is 6.00. The molecule has 1 aliphatic heterocycles. The summed E-state index contributed by atoms with van der Waals surface area (Å²) in [6, 6.07) is 13.5. The molecule has 3 rings (SSSR count). The molecule has 7 heteroatoms. The highest BCUT2D eigenvalue weighted by Gasteiger charge is 2.25. The number of aryl methyl sites for hydroxylation is 2. The van der Waals surface area contributed by atoms with Gasteiger partial charge in [-0.2, -0.15) is 0 Å². The summed E-state index contributed by atoms with van der Waals surface area (Å²) in [5.41, 5.74) is 3.78. The number of nitrogens with one attached hydrogen (secondary N) is 2. The summed E-state index contributed by atoms with van der Waals surface area (Å²) >= 11 is 5.37. The lowest BCUT2D eigenvalue weighted by Crippen LogP contribution is -3.13. The van der Waals surface area contributed by atoms with E-state index in [1.54, 1.807) is 31.0 Å². The van der Waals surface area contributed by atoms with Crippen molar-refractivity contribution in [3.8, 4) is 0 Å². The summed E-state index contributed by atoms with van der Waals surface area (Å²) in [5, 5.41) is 3.40. The van der Waals surface area contributed by atoms with Crippen LogP contribution in [0.2, 0.25) is 0 Å². The van der Waals surface area contributed by atoms with Crippen molar-refractivity contribution in [2.24, 2.45) is 0 Å². The molecule has 1 amide bonds. The number of nitrogens with zero attached hydrogens (tertiary/aromatic N) is 2. The maximum absolute atomic E-state index is 13.7. The molecule has 0 spiro atoms. The first-order valence-corrected chi connectivity index (χ1v) is 10.7. The summed E-state index contributed by atoms with van der Waals surface area (Å²) in [7, 11) is 1.77. The van der Waals surface area contributed by atoms with Crippen molar-refractivity contribution in [1.29, 1.82) is 0 Å². The number of carbonyl (C=O) groups is 1. The van der Waals surface area contributed by atoms with Crippen LogP contribution >= 0.6 is 12.2 Å².